The molecule has 156 valence electrons. The van der Waals surface area contributed by atoms with Crippen molar-refractivity contribution in [3.63, 3.8) is 0 Å². The lowest BCUT2D eigenvalue weighted by Gasteiger charge is -2.22. The summed E-state index contributed by atoms with van der Waals surface area (Å²) in [6, 6.07) is 6.22. The van der Waals surface area contributed by atoms with E-state index in [2.05, 4.69) is 40.1 Å². The van der Waals surface area contributed by atoms with E-state index in [1.54, 1.807) is 0 Å². The van der Waals surface area contributed by atoms with Crippen molar-refractivity contribution in [2.24, 2.45) is 5.92 Å². The van der Waals surface area contributed by atoms with Crippen molar-refractivity contribution < 1.29 is 4.74 Å². The van der Waals surface area contributed by atoms with Gasteiger partial charge in [-0.15, -0.1) is 0 Å². The van der Waals surface area contributed by atoms with Gasteiger partial charge in [0.2, 0.25) is 5.28 Å². The van der Waals surface area contributed by atoms with E-state index in [-0.39, 0.29) is 6.04 Å². The number of aromatic nitrogens is 2. The van der Waals surface area contributed by atoms with Crippen LogP contribution >= 0.6 is 11.6 Å². The highest BCUT2D eigenvalue weighted by atomic mass is 35.5. The summed E-state index contributed by atoms with van der Waals surface area (Å²) < 4.78 is 5.54. The minimum Gasteiger partial charge on any atom is -0.399 e. The average molecular weight is 416 g/mol. The molecule has 0 amide bonds. The van der Waals surface area contributed by atoms with Gasteiger partial charge in [0.05, 0.1) is 18.3 Å². The number of ether oxygens (including phenoxy) is 1. The second-order valence-electron chi connectivity index (χ2n) is 8.34. The molecule has 29 heavy (non-hydrogen) atoms. The fourth-order valence-corrected chi connectivity index (χ4v) is 4.58. The first kappa shape index (κ1) is 20.4. The number of hydrogen-bond acceptors (Lipinski definition) is 6. The molecule has 0 radical (unpaired) electrons. The second kappa shape index (κ2) is 8.86. The van der Waals surface area contributed by atoms with Crippen molar-refractivity contribution in [2.75, 3.05) is 43.9 Å². The van der Waals surface area contributed by atoms with Gasteiger partial charge in [0.1, 0.15) is 5.82 Å². The van der Waals surface area contributed by atoms with Crippen molar-refractivity contribution in [1.82, 2.24) is 14.9 Å². The highest BCUT2D eigenvalue weighted by Crippen LogP contribution is 2.28. The van der Waals surface area contributed by atoms with E-state index in [9.17, 15) is 0 Å². The summed E-state index contributed by atoms with van der Waals surface area (Å²) in [4.78, 5) is 11.6. The number of halogens is 1. The minimum absolute atomic E-state index is 0.0715. The van der Waals surface area contributed by atoms with Crippen LogP contribution in [0.4, 0.5) is 11.5 Å². The molecule has 1 fully saturated rings. The van der Waals surface area contributed by atoms with E-state index in [1.807, 2.05) is 12.1 Å². The van der Waals surface area contributed by atoms with Crippen LogP contribution < -0.4 is 11.1 Å². The summed E-state index contributed by atoms with van der Waals surface area (Å²) in [7, 11) is 0. The summed E-state index contributed by atoms with van der Waals surface area (Å²) in [6.45, 7) is 9.07. The SMILES string of the molecule is Cc1cc(N)cc([C@@H](C)Nc2nc(Cl)nc3c2CCN(CC2CCOC2)CC3)c1. The molecule has 1 unspecified atom stereocenters. The van der Waals surface area contributed by atoms with E-state index in [4.69, 9.17) is 22.1 Å². The van der Waals surface area contributed by atoms with Crippen LogP contribution in [0.3, 0.4) is 0 Å². The smallest absolute Gasteiger partial charge is 0.224 e. The quantitative estimate of drug-likeness (QED) is 0.573. The van der Waals surface area contributed by atoms with Gasteiger partial charge in [-0.2, -0.15) is 0 Å². The van der Waals surface area contributed by atoms with Crippen molar-refractivity contribution in [1.29, 1.82) is 0 Å². The fraction of sp³-hybridized carbons (Fsp3) is 0.545. The number of anilines is 2. The number of nitrogens with zero attached hydrogens (tertiary/aromatic N) is 3. The molecule has 6 nitrogen and oxygen atoms in total. The third-order valence-electron chi connectivity index (χ3n) is 5.92. The van der Waals surface area contributed by atoms with Crippen LogP contribution in [-0.2, 0) is 17.6 Å². The van der Waals surface area contributed by atoms with Crippen molar-refractivity contribution in [3.05, 3.63) is 45.9 Å². The molecular formula is C22H30ClN5O. The summed E-state index contributed by atoms with van der Waals surface area (Å²) in [5, 5.41) is 3.87. The van der Waals surface area contributed by atoms with Gasteiger partial charge in [0.15, 0.2) is 0 Å². The summed E-state index contributed by atoms with van der Waals surface area (Å²) in [6.07, 6.45) is 2.98. The van der Waals surface area contributed by atoms with Crippen LogP contribution in [0.1, 0.15) is 41.8 Å². The first-order valence-corrected chi connectivity index (χ1v) is 10.8. The van der Waals surface area contributed by atoms with Gasteiger partial charge < -0.3 is 20.7 Å². The summed E-state index contributed by atoms with van der Waals surface area (Å²) in [5.41, 5.74) is 11.4. The Balaban J connectivity index is 1.51. The molecule has 7 heteroatoms. The highest BCUT2D eigenvalue weighted by molar-refractivity contribution is 6.28. The second-order valence-corrected chi connectivity index (χ2v) is 8.68. The van der Waals surface area contributed by atoms with Gasteiger partial charge in [-0.3, -0.25) is 0 Å². The van der Waals surface area contributed by atoms with Crippen LogP contribution in [0.5, 0.6) is 0 Å². The first-order chi connectivity index (χ1) is 14.0. The largest absolute Gasteiger partial charge is 0.399 e. The molecule has 1 aromatic heterocycles. The Bertz CT molecular complexity index is 848. The zero-order valence-electron chi connectivity index (χ0n) is 17.2. The predicted molar refractivity (Wildman–Crippen MR) is 117 cm³/mol. The highest BCUT2D eigenvalue weighted by Gasteiger charge is 2.24. The van der Waals surface area contributed by atoms with E-state index in [0.717, 1.165) is 74.0 Å². The molecule has 0 aliphatic carbocycles. The number of nitrogens with two attached hydrogens (primary N) is 1. The van der Waals surface area contributed by atoms with Gasteiger partial charge in [-0.05, 0) is 67.5 Å². The molecule has 1 aromatic carbocycles. The Morgan fingerprint density at radius 2 is 2.10 bits per heavy atom. The Kier molecular flexibility index (Phi) is 6.23. The van der Waals surface area contributed by atoms with E-state index >= 15 is 0 Å². The summed E-state index contributed by atoms with van der Waals surface area (Å²) >= 11 is 6.28. The van der Waals surface area contributed by atoms with Crippen LogP contribution in [-0.4, -0.2) is 47.7 Å². The minimum atomic E-state index is 0.0715. The third kappa shape index (κ3) is 5.00. The molecule has 3 heterocycles. The van der Waals surface area contributed by atoms with Crippen LogP contribution in [0.15, 0.2) is 18.2 Å². The molecule has 0 bridgehead atoms. The number of rotatable bonds is 5. The third-order valence-corrected chi connectivity index (χ3v) is 6.09. The molecular weight excluding hydrogens is 386 g/mol. The molecule has 1 saturated heterocycles. The maximum absolute atomic E-state index is 6.28. The maximum Gasteiger partial charge on any atom is 0.224 e. The Hall–Kier alpha value is -1.89. The monoisotopic (exact) mass is 415 g/mol. The number of aryl methyl sites for hydroxylation is 1. The Morgan fingerprint density at radius 3 is 2.86 bits per heavy atom. The topological polar surface area (TPSA) is 76.3 Å². The number of hydrogen-bond donors (Lipinski definition) is 2. The zero-order chi connectivity index (χ0) is 20.4. The molecule has 2 aromatic rings. The van der Waals surface area contributed by atoms with E-state index < -0.39 is 0 Å². The van der Waals surface area contributed by atoms with Crippen LogP contribution in [0.2, 0.25) is 5.28 Å². The molecule has 2 aliphatic rings. The lowest BCUT2D eigenvalue weighted by atomic mass is 10.0. The lowest BCUT2D eigenvalue weighted by molar-refractivity contribution is 0.168. The van der Waals surface area contributed by atoms with Crippen molar-refractivity contribution in [2.45, 2.75) is 39.2 Å². The van der Waals surface area contributed by atoms with Gasteiger partial charge in [0.25, 0.3) is 0 Å². The van der Waals surface area contributed by atoms with Crippen LogP contribution in [0.25, 0.3) is 0 Å². The van der Waals surface area contributed by atoms with E-state index in [0.29, 0.717) is 11.2 Å². The normalized spacial score (nSPS) is 20.9. The number of nitrogens with one attached hydrogen (secondary N) is 1. The molecule has 4 rings (SSSR count). The lowest BCUT2D eigenvalue weighted by Crippen LogP contribution is -2.32. The first-order valence-electron chi connectivity index (χ1n) is 10.5. The number of nitrogen functional groups attached to an aromatic ring is 1. The molecule has 0 spiro atoms. The standard InChI is InChI=1S/C22H30ClN5O/c1-14-9-17(11-18(24)10-14)15(2)25-21-19-3-6-28(12-16-5-8-29-13-16)7-4-20(19)26-22(23)27-21/h9-11,15-16H,3-8,12-13,24H2,1-2H3,(H,25,26,27)/t15-,16?/m1/s1. The average Bonchev–Trinajstić information content (AvgIpc) is 3.08. The fourth-order valence-electron chi connectivity index (χ4n) is 4.39. The Labute approximate surface area is 177 Å². The predicted octanol–water partition coefficient (Wildman–Crippen LogP) is 3.63. The molecule has 2 aliphatic heterocycles. The summed E-state index contributed by atoms with van der Waals surface area (Å²) in [5.74, 6) is 1.49. The maximum atomic E-state index is 6.28. The van der Waals surface area contributed by atoms with Gasteiger partial charge >= 0.3 is 0 Å². The number of benzene rings is 1. The van der Waals surface area contributed by atoms with Crippen LogP contribution in [0, 0.1) is 12.8 Å². The van der Waals surface area contributed by atoms with E-state index in [1.165, 1.54) is 12.0 Å². The Morgan fingerprint density at radius 1 is 1.28 bits per heavy atom. The van der Waals surface area contributed by atoms with Crippen molar-refractivity contribution in [3.8, 4) is 0 Å². The molecule has 2 atom stereocenters. The van der Waals surface area contributed by atoms with Crippen molar-refractivity contribution >= 4 is 23.1 Å². The van der Waals surface area contributed by atoms with Gasteiger partial charge in [0, 0.05) is 43.9 Å². The molecule has 0 saturated carbocycles. The molecule has 3 N–H and O–H groups in total. The van der Waals surface area contributed by atoms with Gasteiger partial charge in [-0.1, -0.05) is 6.07 Å². The zero-order valence-corrected chi connectivity index (χ0v) is 18.0. The van der Waals surface area contributed by atoms with Gasteiger partial charge in [-0.25, -0.2) is 9.97 Å². The number of fused-ring (bicyclic) bond motifs is 1.